The second-order valence-corrected chi connectivity index (χ2v) is 4.73. The topological polar surface area (TPSA) is 9.23 Å². The lowest BCUT2D eigenvalue weighted by molar-refractivity contribution is 0.407. The Balaban J connectivity index is 2.38. The van der Waals surface area contributed by atoms with Crippen molar-refractivity contribution in [1.29, 1.82) is 0 Å². The van der Waals surface area contributed by atoms with Gasteiger partial charge in [0.2, 0.25) is 0 Å². The van der Waals surface area contributed by atoms with E-state index in [1.54, 1.807) is 18.2 Å². The molecule has 2 rings (SSSR count). The minimum atomic E-state index is -0.813. The molecule has 19 heavy (non-hydrogen) atoms. The molecule has 5 heteroatoms. The van der Waals surface area contributed by atoms with Crippen LogP contribution >= 0.6 is 23.2 Å². The average Bonchev–Trinajstić information content (AvgIpc) is 2.35. The van der Waals surface area contributed by atoms with E-state index in [0.29, 0.717) is 10.6 Å². The molecule has 0 amide bonds. The van der Waals surface area contributed by atoms with Crippen molar-refractivity contribution < 1.29 is 13.5 Å². The van der Waals surface area contributed by atoms with E-state index in [4.69, 9.17) is 27.9 Å². The van der Waals surface area contributed by atoms with Crippen molar-refractivity contribution in [3.63, 3.8) is 0 Å². The third kappa shape index (κ3) is 3.17. The summed E-state index contributed by atoms with van der Waals surface area (Å²) in [7, 11) is 0. The zero-order chi connectivity index (χ0) is 14.0. The van der Waals surface area contributed by atoms with Crippen LogP contribution in [0.4, 0.5) is 8.78 Å². The van der Waals surface area contributed by atoms with Crippen molar-refractivity contribution in [3.8, 4) is 11.5 Å². The van der Waals surface area contributed by atoms with Crippen LogP contribution in [0.1, 0.15) is 11.1 Å². The lowest BCUT2D eigenvalue weighted by Gasteiger charge is -2.10. The maximum atomic E-state index is 13.7. The van der Waals surface area contributed by atoms with E-state index in [0.717, 1.165) is 17.7 Å². The van der Waals surface area contributed by atoms with Gasteiger partial charge in [0.1, 0.15) is 5.75 Å². The van der Waals surface area contributed by atoms with Crippen LogP contribution in [0.3, 0.4) is 0 Å². The molecule has 100 valence electrons. The molecular formula is C14H10Cl2F2O. The summed E-state index contributed by atoms with van der Waals surface area (Å²) in [5, 5.41) is 0.292. The lowest BCUT2D eigenvalue weighted by atomic mass is 10.2. The molecule has 0 N–H and O–H groups in total. The van der Waals surface area contributed by atoms with E-state index in [-0.39, 0.29) is 11.6 Å². The van der Waals surface area contributed by atoms with Gasteiger partial charge >= 0.3 is 0 Å². The number of alkyl halides is 1. The van der Waals surface area contributed by atoms with Gasteiger partial charge in [-0.1, -0.05) is 17.7 Å². The number of ether oxygens (including phenoxy) is 1. The predicted octanol–water partition coefficient (Wildman–Crippen LogP) is 5.46. The van der Waals surface area contributed by atoms with Crippen LogP contribution in [0.15, 0.2) is 30.3 Å². The Morgan fingerprint density at radius 1 is 1.11 bits per heavy atom. The van der Waals surface area contributed by atoms with Crippen molar-refractivity contribution >= 4 is 23.2 Å². The standard InChI is InChI=1S/C14H10Cl2F2O/c1-8-2-3-13(10(16)4-8)19-14-11(17)5-9(7-15)6-12(14)18/h2-6H,7H2,1H3. The normalized spacial score (nSPS) is 10.6. The van der Waals surface area contributed by atoms with Gasteiger partial charge in [0, 0.05) is 5.88 Å². The molecule has 0 atom stereocenters. The molecule has 0 fully saturated rings. The summed E-state index contributed by atoms with van der Waals surface area (Å²) in [6.45, 7) is 1.85. The molecule has 0 bridgehead atoms. The maximum Gasteiger partial charge on any atom is 0.198 e. The molecule has 2 aromatic carbocycles. The van der Waals surface area contributed by atoms with Gasteiger partial charge in [-0.2, -0.15) is 0 Å². The van der Waals surface area contributed by atoms with Gasteiger partial charge in [-0.05, 0) is 42.3 Å². The van der Waals surface area contributed by atoms with E-state index in [1.165, 1.54) is 0 Å². The van der Waals surface area contributed by atoms with Gasteiger partial charge in [0.05, 0.1) is 5.02 Å². The fourth-order valence-electron chi connectivity index (χ4n) is 1.59. The largest absolute Gasteiger partial charge is 0.450 e. The molecule has 0 unspecified atom stereocenters. The first-order valence-electron chi connectivity index (χ1n) is 5.49. The van der Waals surface area contributed by atoms with Crippen LogP contribution < -0.4 is 4.74 Å². The second kappa shape index (κ2) is 5.76. The first-order valence-corrected chi connectivity index (χ1v) is 6.40. The van der Waals surface area contributed by atoms with Crippen LogP contribution in [-0.2, 0) is 5.88 Å². The smallest absolute Gasteiger partial charge is 0.198 e. The molecule has 0 saturated carbocycles. The first-order chi connectivity index (χ1) is 9.01. The molecular weight excluding hydrogens is 293 g/mol. The number of rotatable bonds is 3. The van der Waals surface area contributed by atoms with Gasteiger partial charge in [-0.15, -0.1) is 11.6 Å². The first kappa shape index (κ1) is 14.1. The molecule has 0 aliphatic heterocycles. The Hall–Kier alpha value is -1.32. The van der Waals surface area contributed by atoms with Gasteiger partial charge in [-0.25, -0.2) is 8.78 Å². The number of hydrogen-bond acceptors (Lipinski definition) is 1. The van der Waals surface area contributed by atoms with Crippen molar-refractivity contribution in [2.75, 3.05) is 0 Å². The minimum absolute atomic E-state index is 0.0272. The van der Waals surface area contributed by atoms with Crippen LogP contribution in [0, 0.1) is 18.6 Å². The van der Waals surface area contributed by atoms with Crippen LogP contribution in [0.25, 0.3) is 0 Å². The number of benzene rings is 2. The van der Waals surface area contributed by atoms with E-state index in [1.807, 2.05) is 6.92 Å². The third-order valence-electron chi connectivity index (χ3n) is 2.51. The highest BCUT2D eigenvalue weighted by Gasteiger charge is 2.15. The highest BCUT2D eigenvalue weighted by atomic mass is 35.5. The van der Waals surface area contributed by atoms with Crippen molar-refractivity contribution in [2.45, 2.75) is 12.8 Å². The average molecular weight is 303 g/mol. The van der Waals surface area contributed by atoms with Crippen molar-refractivity contribution in [1.82, 2.24) is 0 Å². The second-order valence-electron chi connectivity index (χ2n) is 4.06. The molecule has 0 spiro atoms. The number of aryl methyl sites for hydroxylation is 1. The molecule has 0 aliphatic rings. The summed E-state index contributed by atoms with van der Waals surface area (Å²) in [6, 6.07) is 7.22. The SMILES string of the molecule is Cc1ccc(Oc2c(F)cc(CCl)cc2F)c(Cl)c1. The Bertz CT molecular complexity index is 591. The maximum absolute atomic E-state index is 13.7. The van der Waals surface area contributed by atoms with E-state index in [9.17, 15) is 8.78 Å². The Labute approximate surface area is 119 Å². The predicted molar refractivity (Wildman–Crippen MR) is 72.2 cm³/mol. The van der Waals surface area contributed by atoms with Crippen LogP contribution in [-0.4, -0.2) is 0 Å². The van der Waals surface area contributed by atoms with Gasteiger partial charge in [-0.3, -0.25) is 0 Å². The van der Waals surface area contributed by atoms with E-state index < -0.39 is 17.4 Å². The lowest BCUT2D eigenvalue weighted by Crippen LogP contribution is -1.95. The van der Waals surface area contributed by atoms with E-state index in [2.05, 4.69) is 0 Å². The summed E-state index contributed by atoms with van der Waals surface area (Å²) in [4.78, 5) is 0. The molecule has 0 aliphatic carbocycles. The van der Waals surface area contributed by atoms with Crippen molar-refractivity contribution in [2.24, 2.45) is 0 Å². The molecule has 0 aromatic heterocycles. The minimum Gasteiger partial charge on any atom is -0.450 e. The van der Waals surface area contributed by atoms with Crippen LogP contribution in [0.2, 0.25) is 5.02 Å². The summed E-state index contributed by atoms with van der Waals surface area (Å²) in [6.07, 6.45) is 0. The van der Waals surface area contributed by atoms with Gasteiger partial charge in [0.15, 0.2) is 17.4 Å². The van der Waals surface area contributed by atoms with Gasteiger partial charge < -0.3 is 4.74 Å². The summed E-state index contributed by atoms with van der Waals surface area (Å²) in [5.41, 5.74) is 1.27. The zero-order valence-corrected chi connectivity index (χ0v) is 11.5. The highest BCUT2D eigenvalue weighted by Crippen LogP contribution is 2.33. The molecule has 2 aromatic rings. The molecule has 0 heterocycles. The number of hydrogen-bond donors (Lipinski definition) is 0. The fraction of sp³-hybridized carbons (Fsp3) is 0.143. The zero-order valence-electron chi connectivity index (χ0n) is 10.0. The summed E-state index contributed by atoms with van der Waals surface area (Å²) in [5.74, 6) is -1.89. The molecule has 0 saturated heterocycles. The molecule has 0 radical (unpaired) electrons. The third-order valence-corrected chi connectivity index (χ3v) is 3.12. The Morgan fingerprint density at radius 2 is 1.74 bits per heavy atom. The van der Waals surface area contributed by atoms with E-state index >= 15 is 0 Å². The van der Waals surface area contributed by atoms with Gasteiger partial charge in [0.25, 0.3) is 0 Å². The highest BCUT2D eigenvalue weighted by molar-refractivity contribution is 6.32. The van der Waals surface area contributed by atoms with Crippen LogP contribution in [0.5, 0.6) is 11.5 Å². The van der Waals surface area contributed by atoms with Crippen molar-refractivity contribution in [3.05, 3.63) is 58.1 Å². The summed E-state index contributed by atoms with van der Waals surface area (Å²) >= 11 is 11.5. The Morgan fingerprint density at radius 3 is 2.26 bits per heavy atom. The number of halogens is 4. The molecule has 1 nitrogen and oxygen atoms in total. The monoisotopic (exact) mass is 302 g/mol. The summed E-state index contributed by atoms with van der Waals surface area (Å²) < 4.78 is 32.7. The Kier molecular flexibility index (Phi) is 4.27. The quantitative estimate of drug-likeness (QED) is 0.684. The fourth-order valence-corrected chi connectivity index (χ4v) is 2.01.